The van der Waals surface area contributed by atoms with Gasteiger partial charge in [-0.25, -0.2) is 0 Å². The lowest BCUT2D eigenvalue weighted by molar-refractivity contribution is -0.125. The van der Waals surface area contributed by atoms with Gasteiger partial charge in [-0.15, -0.1) is 0 Å². The number of hydrogen-bond donors (Lipinski definition) is 0. The van der Waals surface area contributed by atoms with Gasteiger partial charge < -0.3 is 9.64 Å². The van der Waals surface area contributed by atoms with Gasteiger partial charge in [-0.1, -0.05) is 12.1 Å². The molecule has 1 aromatic carbocycles. The minimum Gasteiger partial charge on any atom is -0.494 e. The van der Waals surface area contributed by atoms with Gasteiger partial charge in [0, 0.05) is 19.0 Å². The molecule has 100 valence electrons. The molecule has 0 amide bonds. The third-order valence-corrected chi connectivity index (χ3v) is 3.95. The van der Waals surface area contributed by atoms with E-state index in [0.29, 0.717) is 12.4 Å². The Hall–Kier alpha value is -1.77. The number of rotatable bonds is 3. The fourth-order valence-corrected chi connectivity index (χ4v) is 2.89. The largest absolute Gasteiger partial charge is 0.494 e. The van der Waals surface area contributed by atoms with Gasteiger partial charge in [0.05, 0.1) is 12.3 Å². The van der Waals surface area contributed by atoms with Crippen molar-refractivity contribution in [1.29, 1.82) is 0 Å². The fraction of sp³-hybridized carbons (Fsp3) is 0.438. The van der Waals surface area contributed by atoms with Gasteiger partial charge in [0.1, 0.15) is 5.75 Å². The molecule has 3 nitrogen and oxygen atoms in total. The molecule has 3 fully saturated rings. The molecule has 3 heterocycles. The minimum atomic E-state index is 0.263. The number of ketones is 1. The maximum Gasteiger partial charge on any atom is 0.182 e. The number of piperidine rings is 3. The molecule has 0 N–H and O–H groups in total. The van der Waals surface area contributed by atoms with Crippen LogP contribution in [0.3, 0.4) is 0 Å². The number of allylic oxidation sites excluding steroid dienone is 1. The van der Waals surface area contributed by atoms with E-state index in [9.17, 15) is 4.79 Å². The zero-order valence-corrected chi connectivity index (χ0v) is 11.3. The van der Waals surface area contributed by atoms with Crippen molar-refractivity contribution in [1.82, 2.24) is 4.90 Å². The molecule has 0 atom stereocenters. The highest BCUT2D eigenvalue weighted by molar-refractivity contribution is 6.01. The zero-order chi connectivity index (χ0) is 13.2. The molecule has 1 aromatic rings. The van der Waals surface area contributed by atoms with Crippen molar-refractivity contribution in [3.63, 3.8) is 0 Å². The first-order valence-electron chi connectivity index (χ1n) is 7.01. The molecule has 19 heavy (non-hydrogen) atoms. The Balaban J connectivity index is 1.82. The summed E-state index contributed by atoms with van der Waals surface area (Å²) in [4.78, 5) is 14.4. The Labute approximate surface area is 113 Å². The van der Waals surface area contributed by atoms with E-state index in [2.05, 4.69) is 4.90 Å². The van der Waals surface area contributed by atoms with E-state index in [1.54, 1.807) is 0 Å². The average Bonchev–Trinajstić information content (AvgIpc) is 2.45. The Bertz CT molecular complexity index is 496. The molecular formula is C16H19NO2. The standard InChI is InChI=1S/C16H19NO2/c1-2-19-14-5-3-12(4-6-14)11-15-16(18)13-7-9-17(15)10-8-13/h3-6,11,13H,2,7-10H2,1H3/b15-11-. The molecule has 2 bridgehead atoms. The molecular weight excluding hydrogens is 238 g/mol. The van der Waals surface area contributed by atoms with Crippen LogP contribution in [0.1, 0.15) is 25.3 Å². The lowest BCUT2D eigenvalue weighted by atomic mass is 9.84. The molecule has 0 unspecified atom stereocenters. The first-order chi connectivity index (χ1) is 9.28. The van der Waals surface area contributed by atoms with E-state index in [1.807, 2.05) is 37.3 Å². The molecule has 0 aromatic heterocycles. The number of nitrogens with zero attached hydrogens (tertiary/aromatic N) is 1. The van der Waals surface area contributed by atoms with Crippen molar-refractivity contribution in [3.8, 4) is 5.75 Å². The first kappa shape index (κ1) is 12.3. The normalized spacial score (nSPS) is 21.2. The summed E-state index contributed by atoms with van der Waals surface area (Å²) in [6.07, 6.45) is 4.07. The van der Waals surface area contributed by atoms with Crippen LogP contribution < -0.4 is 4.74 Å². The second kappa shape index (κ2) is 5.08. The Morgan fingerprint density at radius 1 is 1.26 bits per heavy atom. The van der Waals surface area contributed by atoms with Crippen LogP contribution in [0.4, 0.5) is 0 Å². The summed E-state index contributed by atoms with van der Waals surface area (Å²) in [6.45, 7) is 4.70. The highest BCUT2D eigenvalue weighted by Crippen LogP contribution is 2.32. The van der Waals surface area contributed by atoms with E-state index in [0.717, 1.165) is 42.9 Å². The number of carbonyl (C=O) groups excluding carboxylic acids is 1. The second-order valence-electron chi connectivity index (χ2n) is 5.16. The molecule has 3 aliphatic rings. The molecule has 0 aliphatic carbocycles. The fourth-order valence-electron chi connectivity index (χ4n) is 2.89. The Morgan fingerprint density at radius 3 is 2.53 bits per heavy atom. The number of fused-ring (bicyclic) bond motifs is 3. The van der Waals surface area contributed by atoms with Crippen LogP contribution in [0, 0.1) is 5.92 Å². The quantitative estimate of drug-likeness (QED) is 0.780. The van der Waals surface area contributed by atoms with Crippen molar-refractivity contribution in [2.24, 2.45) is 5.92 Å². The molecule has 0 spiro atoms. The smallest absolute Gasteiger partial charge is 0.182 e. The minimum absolute atomic E-state index is 0.263. The summed E-state index contributed by atoms with van der Waals surface area (Å²) in [6, 6.07) is 7.93. The summed E-state index contributed by atoms with van der Waals surface area (Å²) in [5.74, 6) is 1.46. The maximum atomic E-state index is 12.2. The summed E-state index contributed by atoms with van der Waals surface area (Å²) >= 11 is 0. The van der Waals surface area contributed by atoms with E-state index < -0.39 is 0 Å². The predicted molar refractivity (Wildman–Crippen MR) is 74.9 cm³/mol. The maximum absolute atomic E-state index is 12.2. The van der Waals surface area contributed by atoms with Crippen molar-refractivity contribution < 1.29 is 9.53 Å². The van der Waals surface area contributed by atoms with Gasteiger partial charge in [0.2, 0.25) is 0 Å². The van der Waals surface area contributed by atoms with Crippen LogP contribution in [0.2, 0.25) is 0 Å². The third kappa shape index (κ3) is 2.37. The number of carbonyl (C=O) groups is 1. The van der Waals surface area contributed by atoms with Crippen LogP contribution >= 0.6 is 0 Å². The monoisotopic (exact) mass is 257 g/mol. The van der Waals surface area contributed by atoms with E-state index in [-0.39, 0.29) is 5.92 Å². The Kier molecular flexibility index (Phi) is 3.28. The summed E-state index contributed by atoms with van der Waals surface area (Å²) in [5.41, 5.74) is 1.96. The van der Waals surface area contributed by atoms with Crippen molar-refractivity contribution in [3.05, 3.63) is 35.5 Å². The third-order valence-electron chi connectivity index (χ3n) is 3.95. The highest BCUT2D eigenvalue weighted by atomic mass is 16.5. The first-order valence-corrected chi connectivity index (χ1v) is 7.01. The summed E-state index contributed by atoms with van der Waals surface area (Å²) < 4.78 is 5.42. The molecule has 0 saturated carbocycles. The molecule has 4 rings (SSSR count). The van der Waals surface area contributed by atoms with Crippen LogP contribution in [0.5, 0.6) is 5.75 Å². The number of Topliss-reactive ketones (excluding diaryl/α,β-unsaturated/α-hetero) is 1. The van der Waals surface area contributed by atoms with Gasteiger partial charge in [-0.3, -0.25) is 4.79 Å². The van der Waals surface area contributed by atoms with Gasteiger partial charge >= 0.3 is 0 Å². The van der Waals surface area contributed by atoms with Crippen LogP contribution in [-0.2, 0) is 4.79 Å². The predicted octanol–water partition coefficient (Wildman–Crippen LogP) is 2.72. The van der Waals surface area contributed by atoms with Gasteiger partial charge in [-0.05, 0) is 43.5 Å². The van der Waals surface area contributed by atoms with Crippen molar-refractivity contribution >= 4 is 11.9 Å². The molecule has 3 aliphatic heterocycles. The SMILES string of the molecule is CCOc1ccc(/C=C2/C(=O)C3CCN2CC3)cc1. The van der Waals surface area contributed by atoms with E-state index in [1.165, 1.54) is 0 Å². The van der Waals surface area contributed by atoms with Crippen molar-refractivity contribution in [2.75, 3.05) is 19.7 Å². The van der Waals surface area contributed by atoms with Gasteiger partial charge in [0.15, 0.2) is 5.78 Å². The van der Waals surface area contributed by atoms with Crippen LogP contribution in [0.25, 0.3) is 6.08 Å². The zero-order valence-electron chi connectivity index (χ0n) is 11.3. The molecule has 0 radical (unpaired) electrons. The average molecular weight is 257 g/mol. The van der Waals surface area contributed by atoms with Gasteiger partial charge in [0.25, 0.3) is 0 Å². The Morgan fingerprint density at radius 2 is 1.95 bits per heavy atom. The van der Waals surface area contributed by atoms with Crippen LogP contribution in [0.15, 0.2) is 30.0 Å². The lowest BCUT2D eigenvalue weighted by Gasteiger charge is -2.41. The molecule has 3 saturated heterocycles. The lowest BCUT2D eigenvalue weighted by Crippen LogP contribution is -2.45. The van der Waals surface area contributed by atoms with E-state index in [4.69, 9.17) is 4.74 Å². The highest BCUT2D eigenvalue weighted by Gasteiger charge is 2.36. The van der Waals surface area contributed by atoms with Gasteiger partial charge in [-0.2, -0.15) is 0 Å². The number of ether oxygens (including phenoxy) is 1. The topological polar surface area (TPSA) is 29.5 Å². The summed E-state index contributed by atoms with van der Waals surface area (Å²) in [7, 11) is 0. The van der Waals surface area contributed by atoms with E-state index >= 15 is 0 Å². The summed E-state index contributed by atoms with van der Waals surface area (Å²) in [5, 5.41) is 0. The second-order valence-corrected chi connectivity index (χ2v) is 5.16. The molecule has 3 heteroatoms. The van der Waals surface area contributed by atoms with Crippen molar-refractivity contribution in [2.45, 2.75) is 19.8 Å². The number of hydrogen-bond acceptors (Lipinski definition) is 3. The number of benzene rings is 1. The van der Waals surface area contributed by atoms with Crippen LogP contribution in [-0.4, -0.2) is 30.4 Å².